The maximum atomic E-state index is 12.5. The third kappa shape index (κ3) is 3.98. The highest BCUT2D eigenvalue weighted by Crippen LogP contribution is 2.34. The standard InChI is InChI=1S/C17H32N2O2/c1-5-19(4)17(9-6-7-10-17)13-18-15(20)14-8-11-21-16(2,3)12-14/h14H,5-13H2,1-4H3,(H,18,20). The van der Waals surface area contributed by atoms with Crippen LogP contribution in [0.15, 0.2) is 0 Å². The molecular weight excluding hydrogens is 264 g/mol. The van der Waals surface area contributed by atoms with Crippen molar-refractivity contribution in [1.29, 1.82) is 0 Å². The largest absolute Gasteiger partial charge is 0.376 e. The number of amides is 1. The number of rotatable bonds is 5. The Hall–Kier alpha value is -0.610. The molecule has 1 atom stereocenters. The molecule has 4 nitrogen and oxygen atoms in total. The van der Waals surface area contributed by atoms with Crippen LogP contribution in [0.3, 0.4) is 0 Å². The molecule has 0 spiro atoms. The molecule has 1 saturated carbocycles. The lowest BCUT2D eigenvalue weighted by atomic mass is 9.87. The van der Waals surface area contributed by atoms with Crippen LogP contribution in [0, 0.1) is 5.92 Å². The molecule has 0 radical (unpaired) electrons. The maximum absolute atomic E-state index is 12.5. The number of ether oxygens (including phenoxy) is 1. The zero-order valence-electron chi connectivity index (χ0n) is 14.2. The Morgan fingerprint density at radius 1 is 1.33 bits per heavy atom. The molecule has 1 N–H and O–H groups in total. The fraction of sp³-hybridized carbons (Fsp3) is 0.941. The number of nitrogens with one attached hydrogen (secondary N) is 1. The summed E-state index contributed by atoms with van der Waals surface area (Å²) in [6, 6.07) is 0. The quantitative estimate of drug-likeness (QED) is 0.848. The second-order valence-electron chi connectivity index (χ2n) is 7.46. The van der Waals surface area contributed by atoms with Gasteiger partial charge in [0.05, 0.1) is 5.60 Å². The Balaban J connectivity index is 1.90. The molecule has 21 heavy (non-hydrogen) atoms. The molecule has 2 rings (SSSR count). The van der Waals surface area contributed by atoms with Crippen molar-refractivity contribution in [1.82, 2.24) is 10.2 Å². The van der Waals surface area contributed by atoms with Crippen molar-refractivity contribution >= 4 is 5.91 Å². The molecule has 2 aliphatic rings. The van der Waals surface area contributed by atoms with Crippen molar-refractivity contribution in [2.75, 3.05) is 26.7 Å². The van der Waals surface area contributed by atoms with Crippen LogP contribution in [0.1, 0.15) is 59.3 Å². The van der Waals surface area contributed by atoms with E-state index in [-0.39, 0.29) is 23.0 Å². The minimum absolute atomic E-state index is 0.110. The van der Waals surface area contributed by atoms with E-state index >= 15 is 0 Å². The number of nitrogens with zero attached hydrogens (tertiary/aromatic N) is 1. The number of carbonyl (C=O) groups excluding carboxylic acids is 1. The van der Waals surface area contributed by atoms with E-state index in [9.17, 15) is 4.79 Å². The summed E-state index contributed by atoms with van der Waals surface area (Å²) in [5.74, 6) is 0.335. The van der Waals surface area contributed by atoms with Crippen LogP contribution in [0.4, 0.5) is 0 Å². The second kappa shape index (κ2) is 6.66. The van der Waals surface area contributed by atoms with Gasteiger partial charge >= 0.3 is 0 Å². The molecule has 1 aliphatic heterocycles. The van der Waals surface area contributed by atoms with E-state index in [1.54, 1.807) is 0 Å². The van der Waals surface area contributed by atoms with Gasteiger partial charge in [-0.3, -0.25) is 9.69 Å². The van der Waals surface area contributed by atoms with Crippen molar-refractivity contribution in [3.8, 4) is 0 Å². The van der Waals surface area contributed by atoms with Crippen molar-refractivity contribution in [2.24, 2.45) is 5.92 Å². The van der Waals surface area contributed by atoms with Gasteiger partial charge in [-0.1, -0.05) is 19.8 Å². The van der Waals surface area contributed by atoms with Gasteiger partial charge in [0.25, 0.3) is 0 Å². The Morgan fingerprint density at radius 3 is 2.57 bits per heavy atom. The molecular formula is C17H32N2O2. The zero-order valence-corrected chi connectivity index (χ0v) is 14.2. The summed E-state index contributed by atoms with van der Waals surface area (Å²) in [7, 11) is 2.19. The van der Waals surface area contributed by atoms with Crippen LogP contribution in [0.2, 0.25) is 0 Å². The minimum atomic E-state index is -0.161. The van der Waals surface area contributed by atoms with E-state index < -0.39 is 0 Å². The van der Waals surface area contributed by atoms with Crippen LogP contribution in [0.25, 0.3) is 0 Å². The first-order valence-electron chi connectivity index (χ1n) is 8.51. The Morgan fingerprint density at radius 2 is 2.00 bits per heavy atom. The molecule has 0 bridgehead atoms. The zero-order chi connectivity index (χ0) is 15.5. The summed E-state index contributed by atoms with van der Waals surface area (Å²) in [6.45, 7) is 8.90. The number of hydrogen-bond donors (Lipinski definition) is 1. The molecule has 2 fully saturated rings. The second-order valence-corrected chi connectivity index (χ2v) is 7.46. The highest BCUT2D eigenvalue weighted by molar-refractivity contribution is 5.78. The first kappa shape index (κ1) is 16.8. The van der Waals surface area contributed by atoms with Gasteiger partial charge in [-0.15, -0.1) is 0 Å². The summed E-state index contributed by atoms with van der Waals surface area (Å²) in [5.41, 5.74) is 0.0244. The third-order valence-electron chi connectivity index (χ3n) is 5.48. The summed E-state index contributed by atoms with van der Waals surface area (Å²) < 4.78 is 5.71. The lowest BCUT2D eigenvalue weighted by Gasteiger charge is -2.39. The van der Waals surface area contributed by atoms with Gasteiger partial charge in [0.2, 0.25) is 5.91 Å². The predicted octanol–water partition coefficient (Wildman–Crippen LogP) is 2.57. The van der Waals surface area contributed by atoms with Gasteiger partial charge in [-0.05, 0) is 53.1 Å². The fourth-order valence-electron chi connectivity index (χ4n) is 3.91. The molecule has 0 aromatic rings. The molecule has 1 unspecified atom stereocenters. The summed E-state index contributed by atoms with van der Waals surface area (Å²) in [6.07, 6.45) is 6.66. The summed E-state index contributed by atoms with van der Waals surface area (Å²) in [5, 5.41) is 3.25. The Bertz CT molecular complexity index is 362. The predicted molar refractivity (Wildman–Crippen MR) is 85.3 cm³/mol. The topological polar surface area (TPSA) is 41.6 Å². The first-order valence-corrected chi connectivity index (χ1v) is 8.51. The van der Waals surface area contributed by atoms with Gasteiger partial charge in [-0.25, -0.2) is 0 Å². The van der Waals surface area contributed by atoms with Crippen molar-refractivity contribution in [3.05, 3.63) is 0 Å². The molecule has 0 aromatic heterocycles. The maximum Gasteiger partial charge on any atom is 0.223 e. The normalized spacial score (nSPS) is 27.8. The SMILES string of the molecule is CCN(C)C1(CNC(=O)C2CCOC(C)(C)C2)CCCC1. The van der Waals surface area contributed by atoms with Crippen molar-refractivity contribution in [3.63, 3.8) is 0 Å². The minimum Gasteiger partial charge on any atom is -0.376 e. The van der Waals surface area contributed by atoms with Crippen LogP contribution < -0.4 is 5.32 Å². The van der Waals surface area contributed by atoms with E-state index in [0.717, 1.165) is 25.9 Å². The lowest BCUT2D eigenvalue weighted by molar-refractivity contribution is -0.135. The van der Waals surface area contributed by atoms with Gasteiger partial charge in [0.15, 0.2) is 0 Å². The smallest absolute Gasteiger partial charge is 0.223 e. The number of hydrogen-bond acceptors (Lipinski definition) is 3. The molecule has 1 aliphatic carbocycles. The first-order chi connectivity index (χ1) is 9.88. The highest BCUT2D eigenvalue weighted by Gasteiger charge is 2.38. The van der Waals surface area contributed by atoms with Crippen LogP contribution in [-0.4, -0.2) is 48.7 Å². The summed E-state index contributed by atoms with van der Waals surface area (Å²) >= 11 is 0. The molecule has 4 heteroatoms. The Labute approximate surface area is 129 Å². The van der Waals surface area contributed by atoms with Crippen molar-refractivity contribution in [2.45, 2.75) is 70.4 Å². The van der Waals surface area contributed by atoms with Crippen LogP contribution >= 0.6 is 0 Å². The van der Waals surface area contributed by atoms with Gasteiger partial charge in [0.1, 0.15) is 0 Å². The highest BCUT2D eigenvalue weighted by atomic mass is 16.5. The van der Waals surface area contributed by atoms with Gasteiger partial charge in [-0.2, -0.15) is 0 Å². The lowest BCUT2D eigenvalue weighted by Crippen LogP contribution is -2.53. The average molecular weight is 296 g/mol. The van der Waals surface area contributed by atoms with Crippen molar-refractivity contribution < 1.29 is 9.53 Å². The van der Waals surface area contributed by atoms with Gasteiger partial charge < -0.3 is 10.1 Å². The fourth-order valence-corrected chi connectivity index (χ4v) is 3.91. The van der Waals surface area contributed by atoms with E-state index in [0.29, 0.717) is 6.61 Å². The van der Waals surface area contributed by atoms with E-state index in [1.165, 1.54) is 25.7 Å². The third-order valence-corrected chi connectivity index (χ3v) is 5.48. The Kier molecular flexibility index (Phi) is 5.31. The summed E-state index contributed by atoms with van der Waals surface area (Å²) in [4.78, 5) is 14.9. The molecule has 0 aromatic carbocycles. The molecule has 122 valence electrons. The molecule has 1 saturated heterocycles. The van der Waals surface area contributed by atoms with Gasteiger partial charge in [0, 0.05) is 24.6 Å². The van der Waals surface area contributed by atoms with E-state index in [4.69, 9.17) is 4.74 Å². The number of carbonyl (C=O) groups is 1. The monoisotopic (exact) mass is 296 g/mol. The van der Waals surface area contributed by atoms with Crippen LogP contribution in [-0.2, 0) is 9.53 Å². The molecule has 1 heterocycles. The van der Waals surface area contributed by atoms with E-state index in [2.05, 4.69) is 38.0 Å². The average Bonchev–Trinajstić information content (AvgIpc) is 2.93. The van der Waals surface area contributed by atoms with E-state index in [1.807, 2.05) is 0 Å². The number of likely N-dealkylation sites (N-methyl/N-ethyl adjacent to an activating group) is 1. The molecule has 1 amide bonds. The van der Waals surface area contributed by atoms with Crippen LogP contribution in [0.5, 0.6) is 0 Å².